The fraction of sp³-hybridized carbons (Fsp3) is 0.300. The highest BCUT2D eigenvalue weighted by atomic mass is 32.1. The summed E-state index contributed by atoms with van der Waals surface area (Å²) < 4.78 is 0. The fourth-order valence-electron chi connectivity index (χ4n) is 11.5. The van der Waals surface area contributed by atoms with Crippen molar-refractivity contribution in [2.75, 3.05) is 4.90 Å². The van der Waals surface area contributed by atoms with Gasteiger partial charge in [0.25, 0.3) is 5.91 Å². The third-order valence-corrected chi connectivity index (χ3v) is 16.0. The molecule has 2 heterocycles. The number of nitrogens with zero attached hydrogens (tertiary/aromatic N) is 3. The number of urea groups is 1. The van der Waals surface area contributed by atoms with Crippen molar-refractivity contribution >= 4 is 46.4 Å². The summed E-state index contributed by atoms with van der Waals surface area (Å²) in [6.45, 7) is 16.2. The van der Waals surface area contributed by atoms with Crippen LogP contribution in [0.25, 0.3) is 38.8 Å². The molecule has 5 aromatic carbocycles. The molecule has 70 heavy (non-hydrogen) atoms. The summed E-state index contributed by atoms with van der Waals surface area (Å²) in [4.78, 5) is 40.3. The molecule has 0 unspecified atom stereocenters. The van der Waals surface area contributed by atoms with Gasteiger partial charge in [-0.3, -0.25) is 4.79 Å². The van der Waals surface area contributed by atoms with E-state index < -0.39 is 23.7 Å². The highest BCUT2D eigenvalue weighted by Gasteiger charge is 2.47. The van der Waals surface area contributed by atoms with Crippen molar-refractivity contribution in [2.24, 2.45) is 0 Å². The Kier molecular flexibility index (Phi) is 14.0. The quantitative estimate of drug-likeness (QED) is 0.0243. The fourth-order valence-corrected chi connectivity index (χ4v) is 12.5. The lowest BCUT2D eigenvalue weighted by Crippen LogP contribution is -2.32. The molecule has 1 aromatic heterocycles. The van der Waals surface area contributed by atoms with Gasteiger partial charge in [-0.15, -0.1) is 11.3 Å². The van der Waals surface area contributed by atoms with Crippen molar-refractivity contribution in [3.05, 3.63) is 179 Å². The van der Waals surface area contributed by atoms with Crippen LogP contribution in [0.4, 0.5) is 21.9 Å². The van der Waals surface area contributed by atoms with E-state index in [1.807, 2.05) is 12.1 Å². The van der Waals surface area contributed by atoms with Crippen molar-refractivity contribution < 1.29 is 29.9 Å². The Balaban J connectivity index is 1.17. The van der Waals surface area contributed by atoms with E-state index in [0.717, 1.165) is 109 Å². The normalized spacial score (nSPS) is 15.5. The van der Waals surface area contributed by atoms with Crippen LogP contribution in [0.1, 0.15) is 132 Å². The first kappa shape index (κ1) is 48.3. The number of amides is 3. The van der Waals surface area contributed by atoms with E-state index in [1.165, 1.54) is 61.9 Å². The van der Waals surface area contributed by atoms with Crippen LogP contribution < -0.4 is 4.90 Å². The zero-order valence-electron chi connectivity index (χ0n) is 40.8. The summed E-state index contributed by atoms with van der Waals surface area (Å²) in [5.74, 6) is -1.95. The number of fused-ring (bicyclic) bond motifs is 6. The summed E-state index contributed by atoms with van der Waals surface area (Å²) in [6.07, 6.45) is 15.1. The predicted molar refractivity (Wildman–Crippen MR) is 283 cm³/mol. The Morgan fingerprint density at radius 2 is 1.01 bits per heavy atom. The summed E-state index contributed by atoms with van der Waals surface area (Å²) in [5, 5.41) is 18.6. The molecule has 0 spiro atoms. The van der Waals surface area contributed by atoms with Gasteiger partial charge < -0.3 is 14.7 Å². The number of hydrogen-bond donors (Lipinski definition) is 2. The Bertz CT molecular complexity index is 2850. The molecular formula is C60H63N3O6S. The average molecular weight is 954 g/mol. The van der Waals surface area contributed by atoms with Crippen LogP contribution in [-0.4, -0.2) is 32.3 Å². The smallest absolute Gasteiger partial charge is 0.322 e. The molecule has 9 nitrogen and oxygen atoms in total. The lowest BCUT2D eigenvalue weighted by Gasteiger charge is -2.35. The molecule has 1 aliphatic heterocycles. The van der Waals surface area contributed by atoms with Gasteiger partial charge >= 0.3 is 6.03 Å². The van der Waals surface area contributed by atoms with Crippen molar-refractivity contribution in [1.82, 2.24) is 9.80 Å². The maximum absolute atomic E-state index is 13.4. The minimum Gasteiger partial charge on any atom is -0.322 e. The van der Waals surface area contributed by atoms with Gasteiger partial charge in [0.1, 0.15) is 5.70 Å². The monoisotopic (exact) mass is 953 g/mol. The molecule has 0 saturated carbocycles. The molecule has 0 radical (unpaired) electrons. The first-order valence-corrected chi connectivity index (χ1v) is 25.8. The van der Waals surface area contributed by atoms with Gasteiger partial charge in [0, 0.05) is 37.6 Å². The van der Waals surface area contributed by atoms with Gasteiger partial charge in [-0.25, -0.2) is 20.2 Å². The molecule has 1 saturated heterocycles. The van der Waals surface area contributed by atoms with Crippen LogP contribution >= 0.6 is 11.3 Å². The largest absolute Gasteiger partial charge is 0.345 e. The number of unbranched alkanes of at least 4 members (excludes halogenated alkanes) is 4. The van der Waals surface area contributed by atoms with Crippen molar-refractivity contribution in [3.8, 4) is 32.7 Å². The van der Waals surface area contributed by atoms with Crippen molar-refractivity contribution in [2.45, 2.75) is 116 Å². The molecule has 9 rings (SSSR count). The Hall–Kier alpha value is -6.72. The minimum atomic E-state index is -0.979. The SMILES string of the molecule is C=C(OO)N1C(=O)C(=Cc2ccc(-c3ccc(N(c4ccc5c(c4)C(CCCC)(CCCC)c4ccccc4-5)c4ccc5c(c4)C(CCCC)(CCCC)c4ccccc4-5)cc3)s2)N(C(=C)OO)C1=O. The van der Waals surface area contributed by atoms with Crippen LogP contribution in [0.3, 0.4) is 0 Å². The molecule has 3 aliphatic rings. The second kappa shape index (κ2) is 20.3. The van der Waals surface area contributed by atoms with Crippen molar-refractivity contribution in [3.63, 3.8) is 0 Å². The van der Waals surface area contributed by atoms with Gasteiger partial charge in [-0.05, 0) is 144 Å². The molecular weight excluding hydrogens is 891 g/mol. The van der Waals surface area contributed by atoms with Gasteiger partial charge in [0.05, 0.1) is 0 Å². The number of imide groups is 1. The summed E-state index contributed by atoms with van der Waals surface area (Å²) in [7, 11) is 0. The lowest BCUT2D eigenvalue weighted by atomic mass is 9.70. The zero-order chi connectivity index (χ0) is 49.2. The maximum atomic E-state index is 13.4. The van der Waals surface area contributed by atoms with Crippen LogP contribution in [0, 0.1) is 0 Å². The lowest BCUT2D eigenvalue weighted by molar-refractivity contribution is -0.221. The van der Waals surface area contributed by atoms with E-state index in [1.54, 1.807) is 0 Å². The Morgan fingerprint density at radius 1 is 0.571 bits per heavy atom. The number of thiophene rings is 1. The van der Waals surface area contributed by atoms with E-state index in [0.29, 0.717) is 9.78 Å². The van der Waals surface area contributed by atoms with E-state index in [4.69, 9.17) is 0 Å². The van der Waals surface area contributed by atoms with E-state index in [9.17, 15) is 20.1 Å². The third kappa shape index (κ3) is 8.25. The van der Waals surface area contributed by atoms with E-state index in [2.05, 4.69) is 165 Å². The first-order valence-electron chi connectivity index (χ1n) is 25.0. The highest BCUT2D eigenvalue weighted by molar-refractivity contribution is 7.16. The number of benzene rings is 5. The number of carbonyl (C=O) groups is 2. The van der Waals surface area contributed by atoms with Crippen LogP contribution in [-0.2, 0) is 25.4 Å². The Labute approximate surface area is 416 Å². The molecule has 10 heteroatoms. The number of hydrogen-bond acceptors (Lipinski definition) is 8. The Morgan fingerprint density at radius 3 is 1.49 bits per heavy atom. The predicted octanol–water partition coefficient (Wildman–Crippen LogP) is 16.7. The van der Waals surface area contributed by atoms with Gasteiger partial charge in [0.2, 0.25) is 11.8 Å². The number of anilines is 3. The van der Waals surface area contributed by atoms with Gasteiger partial charge in [-0.1, -0.05) is 152 Å². The second-order valence-corrected chi connectivity index (χ2v) is 20.1. The van der Waals surface area contributed by atoms with Gasteiger partial charge in [0.15, 0.2) is 0 Å². The molecule has 0 atom stereocenters. The maximum Gasteiger partial charge on any atom is 0.345 e. The van der Waals surface area contributed by atoms with Crippen molar-refractivity contribution in [1.29, 1.82) is 0 Å². The summed E-state index contributed by atoms with van der Waals surface area (Å²) in [5.41, 5.74) is 15.1. The van der Waals surface area contributed by atoms with Crippen LogP contribution in [0.5, 0.6) is 0 Å². The molecule has 0 bridgehead atoms. The third-order valence-electron chi connectivity index (χ3n) is 14.9. The van der Waals surface area contributed by atoms with Crippen LogP contribution in [0.2, 0.25) is 0 Å². The molecule has 1 fully saturated rings. The molecule has 2 aliphatic carbocycles. The van der Waals surface area contributed by atoms with Crippen LogP contribution in [0.15, 0.2) is 152 Å². The van der Waals surface area contributed by atoms with E-state index >= 15 is 0 Å². The molecule has 2 N–H and O–H groups in total. The first-order chi connectivity index (χ1) is 34.1. The topological polar surface area (TPSA) is 103 Å². The second-order valence-electron chi connectivity index (χ2n) is 19.0. The highest BCUT2D eigenvalue weighted by Crippen LogP contribution is 2.58. The molecule has 3 amide bonds. The number of rotatable bonds is 21. The molecule has 6 aromatic rings. The van der Waals surface area contributed by atoms with Gasteiger partial charge in [-0.2, -0.15) is 4.90 Å². The standard InChI is InChI=1S/C60H63N3O6S/c1-7-11-33-59(34-12-8-2)51-21-17-15-19-47(51)49-30-27-44(37-53(49)59)63(45-28-31-50-48-20-16-18-22-52(48)60(35-13-9-3,36-14-10-4)54(50)38-45)43-25-23-42(24-26-43)56-32-29-46(70-56)39-55-57(64)62(41(6)69-67)58(65)61(55)40(5)68-66/h15-32,37-39,66-67H,5-14,33-36H2,1-4H3. The zero-order valence-corrected chi connectivity index (χ0v) is 41.6. The van der Waals surface area contributed by atoms with E-state index in [-0.39, 0.29) is 16.5 Å². The summed E-state index contributed by atoms with van der Waals surface area (Å²) >= 11 is 1.43. The molecule has 360 valence electrons. The average Bonchev–Trinajstić information content (AvgIpc) is 4.11. The minimum absolute atomic E-state index is 0.0740. The number of carbonyl (C=O) groups excluding carboxylic acids is 2. The summed E-state index contributed by atoms with van der Waals surface area (Å²) in [6, 6.07) is 44.1.